The number of carbonyl (C=O) groups is 1. The van der Waals surface area contributed by atoms with Crippen molar-refractivity contribution in [3.63, 3.8) is 0 Å². The lowest BCUT2D eigenvalue weighted by molar-refractivity contribution is 0.0600. The highest BCUT2D eigenvalue weighted by atomic mass is 32.2. The molecule has 110 valence electrons. The molecule has 2 rings (SSSR count). The number of para-hydroxylation sites is 2. The largest absolute Gasteiger partial charge is 0.465 e. The zero-order chi connectivity index (χ0) is 15.5. The maximum absolute atomic E-state index is 12.3. The number of sulfonamides is 1. The third kappa shape index (κ3) is 3.32. The number of nitrogen functional groups attached to an aromatic ring is 1. The van der Waals surface area contributed by atoms with Crippen LogP contribution < -0.4 is 10.5 Å². The number of hydrogen-bond donors (Lipinski definition) is 2. The fourth-order valence-corrected chi connectivity index (χ4v) is 2.83. The molecule has 21 heavy (non-hydrogen) atoms. The first-order valence-corrected chi connectivity index (χ1v) is 7.48. The first kappa shape index (κ1) is 14.9. The molecule has 0 unspecified atom stereocenters. The molecule has 0 spiro atoms. The molecule has 0 bridgehead atoms. The van der Waals surface area contributed by atoms with Crippen LogP contribution in [0.1, 0.15) is 10.4 Å². The van der Waals surface area contributed by atoms with Crippen molar-refractivity contribution in [3.8, 4) is 0 Å². The van der Waals surface area contributed by atoms with Crippen molar-refractivity contribution in [3.05, 3.63) is 54.1 Å². The van der Waals surface area contributed by atoms with Crippen LogP contribution in [0.25, 0.3) is 0 Å². The SMILES string of the molecule is COC(=O)c1cccc(S(=O)(=O)Nc2ccccc2N)c1. The first-order chi connectivity index (χ1) is 9.94. The summed E-state index contributed by atoms with van der Waals surface area (Å²) in [5.41, 5.74) is 6.45. The number of nitrogens with one attached hydrogen (secondary N) is 1. The van der Waals surface area contributed by atoms with E-state index in [0.29, 0.717) is 5.69 Å². The zero-order valence-electron chi connectivity index (χ0n) is 11.2. The van der Waals surface area contributed by atoms with Gasteiger partial charge in [0.15, 0.2) is 0 Å². The van der Waals surface area contributed by atoms with Gasteiger partial charge in [0, 0.05) is 0 Å². The number of nitrogens with two attached hydrogens (primary N) is 1. The Morgan fingerprint density at radius 2 is 1.86 bits per heavy atom. The molecule has 0 radical (unpaired) electrons. The average Bonchev–Trinajstić information content (AvgIpc) is 2.49. The van der Waals surface area contributed by atoms with Crippen LogP contribution in [0.2, 0.25) is 0 Å². The van der Waals surface area contributed by atoms with Gasteiger partial charge in [0.2, 0.25) is 0 Å². The number of methoxy groups -OCH3 is 1. The summed E-state index contributed by atoms with van der Waals surface area (Å²) in [6.07, 6.45) is 0. The Bertz CT molecular complexity index is 772. The second kappa shape index (κ2) is 5.84. The van der Waals surface area contributed by atoms with Gasteiger partial charge < -0.3 is 10.5 Å². The highest BCUT2D eigenvalue weighted by Crippen LogP contribution is 2.22. The number of carbonyl (C=O) groups excluding carboxylic acids is 1. The standard InChI is InChI=1S/C14H14N2O4S/c1-20-14(17)10-5-4-6-11(9-10)21(18,19)16-13-8-3-2-7-12(13)15/h2-9,16H,15H2,1H3. The maximum Gasteiger partial charge on any atom is 0.337 e. The second-order valence-corrected chi connectivity index (χ2v) is 5.89. The van der Waals surface area contributed by atoms with Gasteiger partial charge in [-0.3, -0.25) is 4.72 Å². The number of benzene rings is 2. The number of hydrogen-bond acceptors (Lipinski definition) is 5. The van der Waals surface area contributed by atoms with Crippen LogP contribution in [-0.4, -0.2) is 21.5 Å². The molecule has 0 atom stereocenters. The predicted octanol–water partition coefficient (Wildman–Crippen LogP) is 1.86. The molecule has 0 aliphatic carbocycles. The molecule has 6 nitrogen and oxygen atoms in total. The van der Waals surface area contributed by atoms with E-state index in [-0.39, 0.29) is 16.1 Å². The van der Waals surface area contributed by atoms with Gasteiger partial charge in [-0.25, -0.2) is 13.2 Å². The third-order valence-corrected chi connectivity index (χ3v) is 4.13. The fraction of sp³-hybridized carbons (Fsp3) is 0.0714. The van der Waals surface area contributed by atoms with Crippen LogP contribution in [0.4, 0.5) is 11.4 Å². The predicted molar refractivity (Wildman–Crippen MR) is 79.4 cm³/mol. The summed E-state index contributed by atoms with van der Waals surface area (Å²) in [7, 11) is -2.61. The van der Waals surface area contributed by atoms with Crippen LogP contribution in [0.5, 0.6) is 0 Å². The van der Waals surface area contributed by atoms with Crippen molar-refractivity contribution in [1.29, 1.82) is 0 Å². The quantitative estimate of drug-likeness (QED) is 0.663. The first-order valence-electron chi connectivity index (χ1n) is 6.00. The Hall–Kier alpha value is -2.54. The van der Waals surface area contributed by atoms with E-state index < -0.39 is 16.0 Å². The minimum atomic E-state index is -3.84. The minimum Gasteiger partial charge on any atom is -0.465 e. The fourth-order valence-electron chi connectivity index (χ4n) is 1.70. The van der Waals surface area contributed by atoms with E-state index in [1.165, 1.54) is 31.4 Å². The van der Waals surface area contributed by atoms with Gasteiger partial charge in [0.25, 0.3) is 10.0 Å². The summed E-state index contributed by atoms with van der Waals surface area (Å²) < 4.78 is 31.5. The number of ether oxygens (including phenoxy) is 1. The summed E-state index contributed by atoms with van der Waals surface area (Å²) >= 11 is 0. The highest BCUT2D eigenvalue weighted by Gasteiger charge is 2.17. The molecule has 0 aliphatic heterocycles. The molecule has 0 saturated carbocycles. The van der Waals surface area contributed by atoms with Crippen LogP contribution in [0, 0.1) is 0 Å². The maximum atomic E-state index is 12.3. The van der Waals surface area contributed by atoms with E-state index in [0.717, 1.165) is 0 Å². The lowest BCUT2D eigenvalue weighted by atomic mass is 10.2. The van der Waals surface area contributed by atoms with Crippen molar-refractivity contribution in [2.75, 3.05) is 17.6 Å². The normalized spacial score (nSPS) is 10.9. The van der Waals surface area contributed by atoms with Crippen LogP contribution >= 0.6 is 0 Å². The van der Waals surface area contributed by atoms with E-state index in [2.05, 4.69) is 9.46 Å². The van der Waals surface area contributed by atoms with Gasteiger partial charge in [0.05, 0.1) is 28.9 Å². The monoisotopic (exact) mass is 306 g/mol. The molecule has 3 N–H and O–H groups in total. The van der Waals surface area contributed by atoms with Crippen LogP contribution in [0.15, 0.2) is 53.4 Å². The second-order valence-electron chi connectivity index (χ2n) is 4.21. The van der Waals surface area contributed by atoms with E-state index in [9.17, 15) is 13.2 Å². The van der Waals surface area contributed by atoms with Gasteiger partial charge in [0.1, 0.15) is 0 Å². The Balaban J connectivity index is 2.36. The Kier molecular flexibility index (Phi) is 4.13. The van der Waals surface area contributed by atoms with E-state index in [1.807, 2.05) is 0 Å². The van der Waals surface area contributed by atoms with Crippen molar-refractivity contribution >= 4 is 27.4 Å². The van der Waals surface area contributed by atoms with E-state index in [1.54, 1.807) is 24.3 Å². The Morgan fingerprint density at radius 3 is 2.52 bits per heavy atom. The molecule has 0 fully saturated rings. The molecule has 2 aromatic rings. The molecule has 2 aromatic carbocycles. The van der Waals surface area contributed by atoms with Crippen LogP contribution in [-0.2, 0) is 14.8 Å². The van der Waals surface area contributed by atoms with Crippen molar-refractivity contribution in [2.24, 2.45) is 0 Å². The third-order valence-electron chi connectivity index (χ3n) is 2.77. The lowest BCUT2D eigenvalue weighted by Crippen LogP contribution is -2.15. The van der Waals surface area contributed by atoms with Gasteiger partial charge in [-0.2, -0.15) is 0 Å². The number of rotatable bonds is 4. The zero-order valence-corrected chi connectivity index (χ0v) is 12.1. The summed E-state index contributed by atoms with van der Waals surface area (Å²) in [5.74, 6) is -0.605. The molecule has 0 amide bonds. The summed E-state index contributed by atoms with van der Waals surface area (Å²) in [6.45, 7) is 0. The molecular weight excluding hydrogens is 292 g/mol. The van der Waals surface area contributed by atoms with E-state index in [4.69, 9.17) is 5.73 Å². The number of anilines is 2. The Morgan fingerprint density at radius 1 is 1.14 bits per heavy atom. The van der Waals surface area contributed by atoms with Crippen molar-refractivity contribution in [2.45, 2.75) is 4.90 Å². The smallest absolute Gasteiger partial charge is 0.337 e. The van der Waals surface area contributed by atoms with E-state index >= 15 is 0 Å². The average molecular weight is 306 g/mol. The summed E-state index contributed by atoms with van der Waals surface area (Å²) in [6, 6.07) is 12.1. The summed E-state index contributed by atoms with van der Waals surface area (Å²) in [5, 5.41) is 0. The Labute approximate surface area is 122 Å². The molecule has 0 aliphatic rings. The lowest BCUT2D eigenvalue weighted by Gasteiger charge is -2.10. The highest BCUT2D eigenvalue weighted by molar-refractivity contribution is 7.92. The van der Waals surface area contributed by atoms with Gasteiger partial charge in [-0.05, 0) is 30.3 Å². The molecule has 0 heterocycles. The van der Waals surface area contributed by atoms with Crippen LogP contribution in [0.3, 0.4) is 0 Å². The van der Waals surface area contributed by atoms with Crippen molar-refractivity contribution in [1.82, 2.24) is 0 Å². The summed E-state index contributed by atoms with van der Waals surface area (Å²) in [4.78, 5) is 11.4. The topological polar surface area (TPSA) is 98.5 Å². The van der Waals surface area contributed by atoms with Gasteiger partial charge in [-0.15, -0.1) is 0 Å². The number of esters is 1. The van der Waals surface area contributed by atoms with Gasteiger partial charge in [-0.1, -0.05) is 18.2 Å². The van der Waals surface area contributed by atoms with Gasteiger partial charge >= 0.3 is 5.97 Å². The molecular formula is C14H14N2O4S. The minimum absolute atomic E-state index is 0.0475. The molecule has 7 heteroatoms. The molecule has 0 saturated heterocycles. The van der Waals surface area contributed by atoms with Crippen molar-refractivity contribution < 1.29 is 17.9 Å². The molecule has 0 aromatic heterocycles.